The number of amides is 1. The van der Waals surface area contributed by atoms with E-state index in [4.69, 9.17) is 4.74 Å². The van der Waals surface area contributed by atoms with Crippen molar-refractivity contribution in [2.75, 3.05) is 13.6 Å². The zero-order valence-electron chi connectivity index (χ0n) is 15.8. The van der Waals surface area contributed by atoms with Gasteiger partial charge in [-0.1, -0.05) is 54.6 Å². The van der Waals surface area contributed by atoms with E-state index in [1.54, 1.807) is 0 Å². The van der Waals surface area contributed by atoms with Gasteiger partial charge in [0.2, 0.25) is 0 Å². The summed E-state index contributed by atoms with van der Waals surface area (Å²) < 4.78 is 6.01. The van der Waals surface area contributed by atoms with Gasteiger partial charge in [0.25, 0.3) is 0 Å². The van der Waals surface area contributed by atoms with Gasteiger partial charge in [-0.25, -0.2) is 4.79 Å². The molecule has 2 aromatic carbocycles. The smallest absolute Gasteiger partial charge is 0.410 e. The Kier molecular flexibility index (Phi) is 4.16. The van der Waals surface area contributed by atoms with Crippen LogP contribution in [0.15, 0.2) is 54.6 Å². The second kappa shape index (κ2) is 6.68. The Labute approximate surface area is 160 Å². The van der Waals surface area contributed by atoms with E-state index in [1.807, 2.05) is 23.1 Å². The average Bonchev–Trinajstić information content (AvgIpc) is 2.73. The highest BCUT2D eigenvalue weighted by atomic mass is 16.6. The lowest BCUT2D eigenvalue weighted by molar-refractivity contribution is -0.0750. The van der Waals surface area contributed by atoms with Gasteiger partial charge in [-0.3, -0.25) is 4.90 Å². The molecule has 3 fully saturated rings. The van der Waals surface area contributed by atoms with Gasteiger partial charge in [-0.2, -0.15) is 0 Å². The number of piperidine rings is 1. The highest BCUT2D eigenvalue weighted by Gasteiger charge is 2.45. The largest absolute Gasteiger partial charge is 0.446 e. The van der Waals surface area contributed by atoms with Crippen LogP contribution in [0.2, 0.25) is 0 Å². The first kappa shape index (κ1) is 16.8. The van der Waals surface area contributed by atoms with Crippen molar-refractivity contribution in [1.82, 2.24) is 9.80 Å². The van der Waals surface area contributed by atoms with Gasteiger partial charge < -0.3 is 9.64 Å². The van der Waals surface area contributed by atoms with E-state index >= 15 is 0 Å². The van der Waals surface area contributed by atoms with Crippen molar-refractivity contribution >= 4 is 6.09 Å². The van der Waals surface area contributed by atoms with Crippen molar-refractivity contribution in [2.24, 2.45) is 0 Å². The SMILES string of the molecule is CN1C2CC(OC(=O)N3CCc4ccccc4[C@@H]3c3ccccc3)CC1C2. The van der Waals surface area contributed by atoms with Gasteiger partial charge in [0.05, 0.1) is 6.04 Å². The molecule has 3 aliphatic heterocycles. The molecule has 2 bridgehead atoms. The predicted octanol–water partition coefficient (Wildman–Crippen LogP) is 4.01. The summed E-state index contributed by atoms with van der Waals surface area (Å²) in [6.07, 6.45) is 3.98. The fourth-order valence-corrected chi connectivity index (χ4v) is 5.10. The van der Waals surface area contributed by atoms with Crippen LogP contribution in [0.4, 0.5) is 4.79 Å². The van der Waals surface area contributed by atoms with Crippen molar-refractivity contribution < 1.29 is 9.53 Å². The molecule has 27 heavy (non-hydrogen) atoms. The minimum Gasteiger partial charge on any atom is -0.446 e. The van der Waals surface area contributed by atoms with Crippen molar-refractivity contribution in [3.8, 4) is 0 Å². The molecule has 4 nitrogen and oxygen atoms in total. The van der Waals surface area contributed by atoms with Gasteiger partial charge in [-0.15, -0.1) is 0 Å². The summed E-state index contributed by atoms with van der Waals surface area (Å²) in [7, 11) is 2.18. The molecule has 0 N–H and O–H groups in total. The first-order valence-electron chi connectivity index (χ1n) is 10.0. The maximum Gasteiger partial charge on any atom is 0.410 e. The monoisotopic (exact) mass is 362 g/mol. The molecule has 140 valence electrons. The predicted molar refractivity (Wildman–Crippen MR) is 105 cm³/mol. The number of fused-ring (bicyclic) bond motifs is 3. The van der Waals surface area contributed by atoms with E-state index in [0.717, 1.165) is 24.8 Å². The lowest BCUT2D eigenvalue weighted by Crippen LogP contribution is -2.60. The second-order valence-corrected chi connectivity index (χ2v) is 8.14. The van der Waals surface area contributed by atoms with Gasteiger partial charge in [0.1, 0.15) is 6.10 Å². The average molecular weight is 362 g/mol. The lowest BCUT2D eigenvalue weighted by Gasteiger charge is -2.53. The Balaban J connectivity index is 1.40. The fraction of sp³-hybridized carbons (Fsp3) is 0.435. The van der Waals surface area contributed by atoms with E-state index < -0.39 is 0 Å². The molecule has 1 saturated carbocycles. The third kappa shape index (κ3) is 2.92. The molecule has 3 heterocycles. The Morgan fingerprint density at radius 3 is 2.41 bits per heavy atom. The number of carbonyl (C=O) groups excluding carboxylic acids is 1. The lowest BCUT2D eigenvalue weighted by atomic mass is 9.79. The zero-order chi connectivity index (χ0) is 18.4. The van der Waals surface area contributed by atoms with Crippen LogP contribution in [0.3, 0.4) is 0 Å². The first-order valence-corrected chi connectivity index (χ1v) is 10.0. The Bertz CT molecular complexity index is 825. The number of rotatable bonds is 2. The van der Waals surface area contributed by atoms with Crippen molar-refractivity contribution in [1.29, 1.82) is 0 Å². The summed E-state index contributed by atoms with van der Waals surface area (Å²) in [5, 5.41) is 0. The fourth-order valence-electron chi connectivity index (χ4n) is 5.10. The third-order valence-corrected chi connectivity index (χ3v) is 6.67. The summed E-state index contributed by atoms with van der Waals surface area (Å²) in [6.45, 7) is 0.703. The van der Waals surface area contributed by atoms with E-state index in [9.17, 15) is 4.79 Å². The van der Waals surface area contributed by atoms with Crippen LogP contribution in [-0.4, -0.2) is 47.7 Å². The zero-order valence-corrected chi connectivity index (χ0v) is 15.8. The van der Waals surface area contributed by atoms with E-state index in [2.05, 4.69) is 48.3 Å². The highest BCUT2D eigenvalue weighted by Crippen LogP contribution is 2.39. The summed E-state index contributed by atoms with van der Waals surface area (Å²) in [6, 6.07) is 19.9. The molecule has 6 rings (SSSR count). The van der Waals surface area contributed by atoms with Crippen LogP contribution in [-0.2, 0) is 11.2 Å². The molecule has 0 spiro atoms. The normalized spacial score (nSPS) is 29.6. The number of hydrogen-bond acceptors (Lipinski definition) is 3. The Morgan fingerprint density at radius 2 is 1.67 bits per heavy atom. The Hall–Kier alpha value is -2.33. The molecule has 3 atom stereocenters. The molecule has 2 aromatic rings. The van der Waals surface area contributed by atoms with Gasteiger partial charge in [0.15, 0.2) is 0 Å². The number of ether oxygens (including phenoxy) is 1. The van der Waals surface area contributed by atoms with Gasteiger partial charge in [0, 0.05) is 31.5 Å². The Morgan fingerprint density at radius 1 is 0.963 bits per heavy atom. The highest BCUT2D eigenvalue weighted by molar-refractivity contribution is 5.70. The van der Waals surface area contributed by atoms with Crippen LogP contribution in [0.25, 0.3) is 0 Å². The maximum absolute atomic E-state index is 13.2. The molecule has 0 aromatic heterocycles. The van der Waals surface area contributed by atoms with Crippen molar-refractivity contribution in [2.45, 2.75) is 49.9 Å². The first-order chi connectivity index (χ1) is 13.2. The van der Waals surface area contributed by atoms with E-state index in [-0.39, 0.29) is 18.2 Å². The van der Waals surface area contributed by atoms with Crippen molar-refractivity contribution in [3.05, 3.63) is 71.3 Å². The summed E-state index contributed by atoms with van der Waals surface area (Å²) in [5.74, 6) is 0. The van der Waals surface area contributed by atoms with Gasteiger partial charge in [-0.05, 0) is 36.6 Å². The molecule has 1 amide bonds. The summed E-state index contributed by atoms with van der Waals surface area (Å²) in [4.78, 5) is 17.5. The van der Waals surface area contributed by atoms with Crippen LogP contribution in [0, 0.1) is 0 Å². The summed E-state index contributed by atoms with van der Waals surface area (Å²) >= 11 is 0. The maximum atomic E-state index is 13.2. The number of nitrogens with zero attached hydrogens (tertiary/aromatic N) is 2. The minimum absolute atomic E-state index is 0.0612. The third-order valence-electron chi connectivity index (χ3n) is 6.67. The quantitative estimate of drug-likeness (QED) is 0.809. The molecular weight excluding hydrogens is 336 g/mol. The number of carbonyl (C=O) groups is 1. The van der Waals surface area contributed by atoms with Crippen molar-refractivity contribution in [3.63, 3.8) is 0 Å². The van der Waals surface area contributed by atoms with Crippen LogP contribution < -0.4 is 0 Å². The van der Waals surface area contributed by atoms with Crippen LogP contribution in [0.1, 0.15) is 42.0 Å². The molecule has 1 aliphatic carbocycles. The second-order valence-electron chi connectivity index (χ2n) is 8.14. The molecular formula is C23H26N2O2. The number of benzene rings is 2. The van der Waals surface area contributed by atoms with E-state index in [0.29, 0.717) is 18.6 Å². The topological polar surface area (TPSA) is 32.8 Å². The molecule has 4 aliphatic rings. The van der Waals surface area contributed by atoms with Crippen LogP contribution >= 0.6 is 0 Å². The number of hydrogen-bond donors (Lipinski definition) is 0. The molecule has 4 heteroatoms. The van der Waals surface area contributed by atoms with Gasteiger partial charge >= 0.3 is 6.09 Å². The standard InChI is InChI=1S/C23H26N2O2/c1-24-18-13-19(24)15-20(14-18)27-23(26)25-12-11-16-7-5-6-10-21(16)22(25)17-8-3-2-4-9-17/h2-10,18-20,22H,11-15H2,1H3/t18?,19?,20?,22-/m0/s1. The molecule has 2 unspecified atom stereocenters. The molecule has 2 saturated heterocycles. The summed E-state index contributed by atoms with van der Waals surface area (Å²) in [5.41, 5.74) is 3.70. The van der Waals surface area contributed by atoms with Crippen LogP contribution in [0.5, 0.6) is 0 Å². The molecule has 0 radical (unpaired) electrons. The van der Waals surface area contributed by atoms with E-state index in [1.165, 1.54) is 17.5 Å². The minimum atomic E-state index is -0.160.